The lowest BCUT2D eigenvalue weighted by atomic mass is 10.3. The molecule has 1 fully saturated rings. The molecular weight excluding hydrogens is 186 g/mol. The summed E-state index contributed by atoms with van der Waals surface area (Å²) in [5, 5.41) is 3.35. The zero-order chi connectivity index (χ0) is 9.47. The first-order chi connectivity index (χ1) is 6.10. The maximum atomic E-state index is 11.4. The fourth-order valence-electron chi connectivity index (χ4n) is 0.996. The highest BCUT2D eigenvalue weighted by Crippen LogP contribution is 2.33. The van der Waals surface area contributed by atoms with Crippen molar-refractivity contribution in [1.82, 2.24) is 4.98 Å². The van der Waals surface area contributed by atoms with E-state index in [0.717, 1.165) is 17.7 Å². The Balaban J connectivity index is 2.02. The van der Waals surface area contributed by atoms with Gasteiger partial charge < -0.3 is 11.1 Å². The molecule has 0 bridgehead atoms. The van der Waals surface area contributed by atoms with Gasteiger partial charge in [0.15, 0.2) is 5.13 Å². The number of rotatable bonds is 2. The van der Waals surface area contributed by atoms with E-state index in [1.165, 1.54) is 11.3 Å². The highest BCUT2D eigenvalue weighted by Gasteiger charge is 2.46. The number of hydrogen-bond acceptors (Lipinski definition) is 4. The summed E-state index contributed by atoms with van der Waals surface area (Å²) in [5.41, 5.74) is 5.10. The van der Waals surface area contributed by atoms with Crippen molar-refractivity contribution in [3.63, 3.8) is 0 Å². The van der Waals surface area contributed by atoms with Crippen molar-refractivity contribution in [2.75, 3.05) is 5.32 Å². The Bertz CT molecular complexity index is 343. The Morgan fingerprint density at radius 3 is 2.92 bits per heavy atom. The van der Waals surface area contributed by atoms with E-state index in [-0.39, 0.29) is 5.91 Å². The van der Waals surface area contributed by atoms with E-state index < -0.39 is 5.54 Å². The van der Waals surface area contributed by atoms with Crippen molar-refractivity contribution in [3.8, 4) is 0 Å². The third kappa shape index (κ3) is 1.71. The van der Waals surface area contributed by atoms with E-state index in [0.29, 0.717) is 5.13 Å². The van der Waals surface area contributed by atoms with Gasteiger partial charge >= 0.3 is 0 Å². The minimum atomic E-state index is -0.612. The summed E-state index contributed by atoms with van der Waals surface area (Å²) in [6.45, 7) is 1.95. The fourth-order valence-corrected chi connectivity index (χ4v) is 1.66. The first-order valence-corrected chi connectivity index (χ1v) is 4.95. The normalized spacial score (nSPS) is 18.3. The van der Waals surface area contributed by atoms with Gasteiger partial charge in [0.1, 0.15) is 0 Å². The molecule has 70 valence electrons. The van der Waals surface area contributed by atoms with Crippen LogP contribution in [0.25, 0.3) is 0 Å². The van der Waals surface area contributed by atoms with E-state index in [9.17, 15) is 4.79 Å². The van der Waals surface area contributed by atoms with Crippen LogP contribution in [0.1, 0.15) is 17.7 Å². The summed E-state index contributed by atoms with van der Waals surface area (Å²) >= 11 is 1.46. The average molecular weight is 197 g/mol. The van der Waals surface area contributed by atoms with Crippen LogP contribution in [0.2, 0.25) is 0 Å². The third-order valence-corrected chi connectivity index (χ3v) is 2.91. The van der Waals surface area contributed by atoms with Gasteiger partial charge in [0.2, 0.25) is 5.91 Å². The summed E-state index contributed by atoms with van der Waals surface area (Å²) < 4.78 is 0. The first kappa shape index (κ1) is 8.65. The van der Waals surface area contributed by atoms with Gasteiger partial charge in [-0.2, -0.15) is 0 Å². The number of carbonyl (C=O) groups is 1. The summed E-state index contributed by atoms with van der Waals surface area (Å²) in [5.74, 6) is -0.109. The Morgan fingerprint density at radius 1 is 1.77 bits per heavy atom. The predicted octanol–water partition coefficient (Wildman–Crippen LogP) is 0.881. The molecule has 1 aromatic rings. The van der Waals surface area contributed by atoms with Crippen LogP contribution >= 0.6 is 11.3 Å². The van der Waals surface area contributed by atoms with Gasteiger partial charge in [0.25, 0.3) is 0 Å². The zero-order valence-corrected chi connectivity index (χ0v) is 8.15. The maximum absolute atomic E-state index is 11.4. The standard InChI is InChI=1S/C8H11N3OS/c1-5-4-10-7(13-5)11-6(12)8(9)2-3-8/h4H,2-3,9H2,1H3,(H,10,11,12). The molecule has 13 heavy (non-hydrogen) atoms. The molecule has 3 N–H and O–H groups in total. The van der Waals surface area contributed by atoms with Crippen LogP contribution in [0.5, 0.6) is 0 Å². The number of aromatic nitrogens is 1. The number of hydrogen-bond donors (Lipinski definition) is 2. The SMILES string of the molecule is Cc1cnc(NC(=O)C2(N)CC2)s1. The fraction of sp³-hybridized carbons (Fsp3) is 0.500. The van der Waals surface area contributed by atoms with Crippen LogP contribution in [0.4, 0.5) is 5.13 Å². The molecule has 0 aromatic carbocycles. The number of thiazole rings is 1. The Hall–Kier alpha value is -0.940. The van der Waals surface area contributed by atoms with Gasteiger partial charge in [0.05, 0.1) is 5.54 Å². The molecule has 1 aromatic heterocycles. The van der Waals surface area contributed by atoms with Gasteiger partial charge in [-0.15, -0.1) is 11.3 Å². The Labute approximate surface area is 80.2 Å². The van der Waals surface area contributed by atoms with E-state index >= 15 is 0 Å². The van der Waals surface area contributed by atoms with Crippen molar-refractivity contribution in [1.29, 1.82) is 0 Å². The van der Waals surface area contributed by atoms with Crippen LogP contribution in [-0.4, -0.2) is 16.4 Å². The quantitative estimate of drug-likeness (QED) is 0.739. The minimum Gasteiger partial charge on any atom is -0.317 e. The molecule has 4 nitrogen and oxygen atoms in total. The molecule has 0 atom stereocenters. The largest absolute Gasteiger partial charge is 0.317 e. The molecule has 1 amide bonds. The maximum Gasteiger partial charge on any atom is 0.246 e. The van der Waals surface area contributed by atoms with Crippen molar-refractivity contribution in [2.45, 2.75) is 25.3 Å². The van der Waals surface area contributed by atoms with Crippen LogP contribution in [0.3, 0.4) is 0 Å². The van der Waals surface area contributed by atoms with Gasteiger partial charge in [-0.25, -0.2) is 4.98 Å². The van der Waals surface area contributed by atoms with E-state index in [4.69, 9.17) is 5.73 Å². The molecule has 0 unspecified atom stereocenters. The number of carbonyl (C=O) groups excluding carboxylic acids is 1. The molecule has 1 heterocycles. The van der Waals surface area contributed by atoms with Crippen LogP contribution in [0.15, 0.2) is 6.20 Å². The molecule has 0 aliphatic heterocycles. The lowest BCUT2D eigenvalue weighted by Crippen LogP contribution is -2.37. The molecule has 0 radical (unpaired) electrons. The summed E-state index contributed by atoms with van der Waals surface area (Å²) in [6, 6.07) is 0. The number of aryl methyl sites for hydroxylation is 1. The molecule has 0 saturated heterocycles. The third-order valence-electron chi connectivity index (χ3n) is 2.08. The second-order valence-corrected chi connectivity index (χ2v) is 4.62. The zero-order valence-electron chi connectivity index (χ0n) is 7.33. The van der Waals surface area contributed by atoms with Gasteiger partial charge in [-0.1, -0.05) is 0 Å². The summed E-state index contributed by atoms with van der Waals surface area (Å²) in [6.07, 6.45) is 3.29. The molecule has 2 rings (SSSR count). The number of nitrogens with one attached hydrogen (secondary N) is 1. The van der Waals surface area contributed by atoms with Crippen LogP contribution in [0, 0.1) is 6.92 Å². The van der Waals surface area contributed by atoms with Gasteiger partial charge in [-0.05, 0) is 19.8 Å². The minimum absolute atomic E-state index is 0.109. The highest BCUT2D eigenvalue weighted by atomic mass is 32.1. The predicted molar refractivity (Wildman–Crippen MR) is 51.6 cm³/mol. The second-order valence-electron chi connectivity index (χ2n) is 3.39. The number of amides is 1. The van der Waals surface area contributed by atoms with Crippen molar-refractivity contribution >= 4 is 22.4 Å². The number of nitrogens with two attached hydrogens (primary N) is 1. The second kappa shape index (κ2) is 2.78. The Morgan fingerprint density at radius 2 is 2.46 bits per heavy atom. The van der Waals surface area contributed by atoms with E-state index in [1.54, 1.807) is 6.20 Å². The van der Waals surface area contributed by atoms with Crippen molar-refractivity contribution < 1.29 is 4.79 Å². The summed E-state index contributed by atoms with van der Waals surface area (Å²) in [4.78, 5) is 16.5. The van der Waals surface area contributed by atoms with Crippen molar-refractivity contribution in [3.05, 3.63) is 11.1 Å². The smallest absolute Gasteiger partial charge is 0.246 e. The molecule has 5 heteroatoms. The molecule has 1 aliphatic rings. The van der Waals surface area contributed by atoms with E-state index in [1.807, 2.05) is 6.92 Å². The van der Waals surface area contributed by atoms with Gasteiger partial charge in [0, 0.05) is 11.1 Å². The van der Waals surface area contributed by atoms with Crippen LogP contribution in [-0.2, 0) is 4.79 Å². The average Bonchev–Trinajstić information content (AvgIpc) is 2.69. The Kier molecular flexibility index (Phi) is 1.85. The van der Waals surface area contributed by atoms with Crippen molar-refractivity contribution in [2.24, 2.45) is 5.73 Å². The van der Waals surface area contributed by atoms with E-state index in [2.05, 4.69) is 10.3 Å². The molecular formula is C8H11N3OS. The lowest BCUT2D eigenvalue weighted by Gasteiger charge is -2.06. The highest BCUT2D eigenvalue weighted by molar-refractivity contribution is 7.15. The molecule has 0 spiro atoms. The number of anilines is 1. The first-order valence-electron chi connectivity index (χ1n) is 4.13. The summed E-state index contributed by atoms with van der Waals surface area (Å²) in [7, 11) is 0. The lowest BCUT2D eigenvalue weighted by molar-refractivity contribution is -0.118. The number of nitrogens with zero attached hydrogens (tertiary/aromatic N) is 1. The molecule has 1 saturated carbocycles. The van der Waals surface area contributed by atoms with Crippen LogP contribution < -0.4 is 11.1 Å². The molecule has 1 aliphatic carbocycles. The monoisotopic (exact) mass is 197 g/mol. The van der Waals surface area contributed by atoms with Gasteiger partial charge in [-0.3, -0.25) is 4.79 Å². The topological polar surface area (TPSA) is 68.0 Å².